The smallest absolute Gasteiger partial charge is 0.153 e. The Labute approximate surface area is 128 Å². The predicted octanol–water partition coefficient (Wildman–Crippen LogP) is 4.78. The number of carbonyl (C=O) groups excluding carboxylic acids is 1. The number of allylic oxidation sites excluding steroid dienone is 2. The van der Waals surface area contributed by atoms with Crippen LogP contribution < -0.4 is 0 Å². The molecule has 4 rings (SSSR count). The van der Waals surface area contributed by atoms with Gasteiger partial charge in [-0.2, -0.15) is 0 Å². The Kier molecular flexibility index (Phi) is 2.56. The summed E-state index contributed by atoms with van der Waals surface area (Å²) in [4.78, 5) is 13.4. The molecule has 0 aromatic heterocycles. The molecule has 3 aliphatic rings. The molecule has 0 radical (unpaired) electrons. The van der Waals surface area contributed by atoms with Crippen LogP contribution >= 0.6 is 0 Å². The van der Waals surface area contributed by atoms with E-state index in [-0.39, 0.29) is 10.8 Å². The zero-order valence-corrected chi connectivity index (χ0v) is 14.6. The Morgan fingerprint density at radius 1 is 0.857 bits per heavy atom. The number of rotatable bonds is 0. The summed E-state index contributed by atoms with van der Waals surface area (Å²) in [5.74, 6) is 0.377. The van der Waals surface area contributed by atoms with Crippen molar-refractivity contribution in [1.29, 1.82) is 0 Å². The van der Waals surface area contributed by atoms with Gasteiger partial charge in [-0.1, -0.05) is 44.1 Å². The van der Waals surface area contributed by atoms with E-state index in [9.17, 15) is 4.79 Å². The maximum absolute atomic E-state index is 13.4. The van der Waals surface area contributed by atoms with Gasteiger partial charge < -0.3 is 0 Å². The number of Topliss-reactive ketones (excluding diaryl/α,β-unsaturated/α-hetero) is 1. The Balaban J connectivity index is 2.58. The van der Waals surface area contributed by atoms with Gasteiger partial charge in [0.1, 0.15) is 0 Å². The van der Waals surface area contributed by atoms with E-state index in [2.05, 4.69) is 67.5 Å². The molecule has 2 bridgehead atoms. The van der Waals surface area contributed by atoms with Crippen LogP contribution in [0.4, 0.5) is 0 Å². The van der Waals surface area contributed by atoms with E-state index >= 15 is 0 Å². The first-order chi connectivity index (χ1) is 9.52. The van der Waals surface area contributed by atoms with Crippen LogP contribution in [0.1, 0.15) is 63.8 Å². The third-order valence-electron chi connectivity index (χ3n) is 7.11. The van der Waals surface area contributed by atoms with Crippen LogP contribution in [0.3, 0.4) is 0 Å². The second kappa shape index (κ2) is 3.69. The molecular weight excluding hydrogens is 256 g/mol. The molecule has 1 nitrogen and oxygen atoms in total. The molecule has 0 spiro atoms. The van der Waals surface area contributed by atoms with Crippen molar-refractivity contribution in [3.05, 3.63) is 45.5 Å². The fourth-order valence-electron chi connectivity index (χ4n) is 4.96. The van der Waals surface area contributed by atoms with E-state index in [0.717, 1.165) is 0 Å². The summed E-state index contributed by atoms with van der Waals surface area (Å²) < 4.78 is 0. The summed E-state index contributed by atoms with van der Waals surface area (Å²) in [6.45, 7) is 17.3. The molecule has 0 fully saturated rings. The lowest BCUT2D eigenvalue weighted by Gasteiger charge is -2.60. The lowest BCUT2D eigenvalue weighted by molar-refractivity contribution is -0.137. The highest BCUT2D eigenvalue weighted by Crippen LogP contribution is 2.64. The van der Waals surface area contributed by atoms with Gasteiger partial charge in [0.15, 0.2) is 5.78 Å². The van der Waals surface area contributed by atoms with Gasteiger partial charge in [0.25, 0.3) is 0 Å². The van der Waals surface area contributed by atoms with Crippen molar-refractivity contribution in [2.75, 3.05) is 0 Å². The van der Waals surface area contributed by atoms with Crippen molar-refractivity contribution in [1.82, 2.24) is 0 Å². The summed E-state index contributed by atoms with van der Waals surface area (Å²) in [7, 11) is 0. The molecule has 0 saturated carbocycles. The highest BCUT2D eigenvalue weighted by atomic mass is 16.1. The van der Waals surface area contributed by atoms with Crippen LogP contribution in [0.5, 0.6) is 0 Å². The summed E-state index contributed by atoms with van der Waals surface area (Å²) in [6, 6.07) is 4.48. The molecule has 1 aromatic carbocycles. The average molecular weight is 282 g/mol. The fraction of sp³-hybridized carbons (Fsp3) is 0.550. The van der Waals surface area contributed by atoms with Gasteiger partial charge >= 0.3 is 0 Å². The molecular formula is C20H26O. The molecule has 0 aliphatic heterocycles. The summed E-state index contributed by atoms with van der Waals surface area (Å²) in [5, 5.41) is 0. The molecule has 0 unspecified atom stereocenters. The minimum Gasteiger partial charge on any atom is -0.298 e. The lowest BCUT2D eigenvalue weighted by atomic mass is 9.41. The second-order valence-electron chi connectivity index (χ2n) is 7.88. The molecule has 1 aromatic rings. The topological polar surface area (TPSA) is 17.1 Å². The maximum atomic E-state index is 13.4. The van der Waals surface area contributed by atoms with Crippen LogP contribution in [0.2, 0.25) is 0 Å². The minimum atomic E-state index is -0.462. The van der Waals surface area contributed by atoms with E-state index in [4.69, 9.17) is 0 Å². The number of ketones is 1. The zero-order valence-electron chi connectivity index (χ0n) is 14.6. The van der Waals surface area contributed by atoms with Crippen LogP contribution in [0.25, 0.3) is 0 Å². The molecule has 0 saturated heterocycles. The highest BCUT2D eigenvalue weighted by Gasteiger charge is 2.65. The number of aryl methyl sites for hydroxylation is 1. The second-order valence-corrected chi connectivity index (χ2v) is 7.88. The maximum Gasteiger partial charge on any atom is 0.153 e. The Morgan fingerprint density at radius 3 is 2.00 bits per heavy atom. The summed E-state index contributed by atoms with van der Waals surface area (Å²) >= 11 is 0. The van der Waals surface area contributed by atoms with Gasteiger partial charge in [-0.25, -0.2) is 0 Å². The Morgan fingerprint density at radius 2 is 1.43 bits per heavy atom. The molecule has 112 valence electrons. The first kappa shape index (κ1) is 14.6. The quantitative estimate of drug-likeness (QED) is 0.626. The summed E-state index contributed by atoms with van der Waals surface area (Å²) in [6.07, 6.45) is 0. The van der Waals surface area contributed by atoms with E-state index in [1.54, 1.807) is 0 Å². The van der Waals surface area contributed by atoms with Crippen molar-refractivity contribution < 1.29 is 4.79 Å². The van der Waals surface area contributed by atoms with Crippen LogP contribution in [-0.2, 0) is 15.6 Å². The molecule has 0 heterocycles. The van der Waals surface area contributed by atoms with Crippen LogP contribution in [0.15, 0.2) is 23.3 Å². The van der Waals surface area contributed by atoms with Crippen LogP contribution in [0, 0.1) is 19.3 Å². The lowest BCUT2D eigenvalue weighted by Crippen LogP contribution is -2.63. The number of benzene rings is 1. The van der Waals surface area contributed by atoms with E-state index in [1.807, 2.05) is 0 Å². The van der Waals surface area contributed by atoms with Crippen LogP contribution in [-0.4, -0.2) is 5.78 Å². The molecule has 1 heteroatoms. The average Bonchev–Trinajstić information content (AvgIpc) is 2.43. The Hall–Kier alpha value is -1.37. The van der Waals surface area contributed by atoms with E-state index < -0.39 is 5.41 Å². The van der Waals surface area contributed by atoms with Crippen molar-refractivity contribution in [2.24, 2.45) is 5.41 Å². The number of hydrogen-bond acceptors (Lipinski definition) is 1. The predicted molar refractivity (Wildman–Crippen MR) is 87.8 cm³/mol. The van der Waals surface area contributed by atoms with Gasteiger partial charge in [0.05, 0.1) is 5.41 Å². The van der Waals surface area contributed by atoms with E-state index in [0.29, 0.717) is 5.78 Å². The Bertz CT molecular complexity index is 720. The van der Waals surface area contributed by atoms with Crippen molar-refractivity contribution in [3.8, 4) is 0 Å². The monoisotopic (exact) mass is 282 g/mol. The highest BCUT2D eigenvalue weighted by molar-refractivity contribution is 6.04. The summed E-state index contributed by atoms with van der Waals surface area (Å²) in [5.41, 5.74) is 6.83. The standard InChI is InChI=1S/C20H26O/c1-11-9-10-15-16(12(11)2)19(7)13(3)14(4)20(15,8)18(5,6)17(19)21/h9-10H,1-8H3/t19-,20-/m0/s1. The SMILES string of the molecule is CC1=C(C)[C@@]2(C)c3ccc(C)c(C)c3[C@@]1(C)C(=O)C2(C)C. The largest absolute Gasteiger partial charge is 0.298 e. The molecule has 2 atom stereocenters. The van der Waals surface area contributed by atoms with Crippen molar-refractivity contribution in [2.45, 2.75) is 66.2 Å². The zero-order chi connectivity index (χ0) is 16.0. The molecule has 21 heavy (non-hydrogen) atoms. The van der Waals surface area contributed by atoms with Gasteiger partial charge in [-0.3, -0.25) is 4.79 Å². The number of fused-ring (bicyclic) bond motifs is 1. The van der Waals surface area contributed by atoms with Crippen molar-refractivity contribution >= 4 is 5.78 Å². The third kappa shape index (κ3) is 1.23. The molecule has 0 amide bonds. The first-order valence-corrected chi connectivity index (χ1v) is 7.86. The van der Waals surface area contributed by atoms with E-state index in [1.165, 1.54) is 33.4 Å². The molecule has 3 aliphatic carbocycles. The number of carbonyl (C=O) groups is 1. The fourth-order valence-corrected chi connectivity index (χ4v) is 4.96. The minimum absolute atomic E-state index is 0.195. The van der Waals surface area contributed by atoms with Gasteiger partial charge in [-0.05, 0) is 56.9 Å². The van der Waals surface area contributed by atoms with Crippen molar-refractivity contribution in [3.63, 3.8) is 0 Å². The first-order valence-electron chi connectivity index (χ1n) is 7.86. The van der Waals surface area contributed by atoms with Gasteiger partial charge in [0.2, 0.25) is 0 Å². The normalized spacial score (nSPS) is 33.4. The van der Waals surface area contributed by atoms with Gasteiger partial charge in [-0.15, -0.1) is 0 Å². The number of hydrogen-bond donors (Lipinski definition) is 0. The molecule has 0 N–H and O–H groups in total. The van der Waals surface area contributed by atoms with Gasteiger partial charge in [0, 0.05) is 10.8 Å². The third-order valence-corrected chi connectivity index (χ3v) is 7.11.